The second kappa shape index (κ2) is 7.89. The summed E-state index contributed by atoms with van der Waals surface area (Å²) in [6.07, 6.45) is 12.1. The maximum Gasteiger partial charge on any atom is 0.0910 e. The Hall–Kier alpha value is -0.380. The molecule has 0 bridgehead atoms. The van der Waals surface area contributed by atoms with Gasteiger partial charge in [0.1, 0.15) is 0 Å². The third kappa shape index (κ3) is 3.52. The Morgan fingerprint density at radius 1 is 1.07 bits per heavy atom. The summed E-state index contributed by atoms with van der Waals surface area (Å²) in [6, 6.07) is 0. The summed E-state index contributed by atoms with van der Waals surface area (Å²) in [5.74, 6) is 2.80. The Morgan fingerprint density at radius 3 is 2.50 bits per heavy atom. The van der Waals surface area contributed by atoms with E-state index in [4.69, 9.17) is 0 Å². The Morgan fingerprint density at radius 2 is 1.80 bits per heavy atom. The molecule has 0 radical (unpaired) electrons. The van der Waals surface area contributed by atoms with Gasteiger partial charge in [-0.05, 0) is 112 Å². The number of rotatable bonds is 5. The lowest BCUT2D eigenvalue weighted by atomic mass is 9.46. The minimum Gasteiger partial charge on any atom is -0.393 e. The molecular weight excluding hydrogens is 372 g/mol. The fourth-order valence-electron chi connectivity index (χ4n) is 8.62. The number of allylic oxidation sites excluding steroid dienone is 1. The van der Waals surface area contributed by atoms with Crippen LogP contribution in [0.5, 0.6) is 0 Å². The first-order valence-electron chi connectivity index (χ1n) is 12.8. The normalized spacial score (nSPS) is 46.4. The Bertz CT molecular complexity index is 667. The number of aliphatic hydroxyl groups excluding tert-OH is 2. The maximum atomic E-state index is 11.6. The lowest BCUT2D eigenvalue weighted by molar-refractivity contribution is -0.151. The average molecular weight is 419 g/mol. The quantitative estimate of drug-likeness (QED) is 0.519. The van der Waals surface area contributed by atoms with Crippen LogP contribution < -0.4 is 0 Å². The molecule has 4 unspecified atom stereocenters. The molecule has 0 saturated heterocycles. The molecule has 3 fully saturated rings. The molecule has 9 atom stereocenters. The number of fused-ring (bicyclic) bond motifs is 5. The standard InChI is InChI=1S/C27H46O3/c1-17(2)6-11-24(29)27(5,30)23-10-9-21-20-8-7-18-16-19(28)12-14-25(18,3)22(20)13-15-26(21,23)4/h7,17,19-24,28-30H,6,8-16H2,1-5H3/t19?,20-,21-,22-,23-,24?,25?,26?,27+/m0/s1. The molecule has 3 heteroatoms. The summed E-state index contributed by atoms with van der Waals surface area (Å²) < 4.78 is 0. The van der Waals surface area contributed by atoms with Gasteiger partial charge in [0.15, 0.2) is 0 Å². The molecule has 0 amide bonds. The van der Waals surface area contributed by atoms with Crippen molar-refractivity contribution in [1.82, 2.24) is 0 Å². The molecule has 30 heavy (non-hydrogen) atoms. The third-order valence-electron chi connectivity index (χ3n) is 10.5. The highest BCUT2D eigenvalue weighted by molar-refractivity contribution is 5.25. The first-order chi connectivity index (χ1) is 14.0. The van der Waals surface area contributed by atoms with Crippen LogP contribution in [0.4, 0.5) is 0 Å². The van der Waals surface area contributed by atoms with Crippen molar-refractivity contribution in [3.8, 4) is 0 Å². The number of hydrogen-bond acceptors (Lipinski definition) is 3. The Balaban J connectivity index is 1.55. The van der Waals surface area contributed by atoms with Gasteiger partial charge in [0, 0.05) is 0 Å². The second-order valence-electron chi connectivity index (χ2n) is 12.5. The molecule has 172 valence electrons. The van der Waals surface area contributed by atoms with Crippen LogP contribution in [-0.2, 0) is 0 Å². The zero-order valence-electron chi connectivity index (χ0n) is 20.0. The van der Waals surface area contributed by atoms with Crippen molar-refractivity contribution in [2.45, 2.75) is 117 Å². The summed E-state index contributed by atoms with van der Waals surface area (Å²) in [7, 11) is 0. The molecule has 0 aliphatic heterocycles. The van der Waals surface area contributed by atoms with E-state index in [-0.39, 0.29) is 22.9 Å². The summed E-state index contributed by atoms with van der Waals surface area (Å²) >= 11 is 0. The van der Waals surface area contributed by atoms with Crippen LogP contribution in [0.2, 0.25) is 0 Å². The molecule has 4 aliphatic rings. The minimum atomic E-state index is -1.00. The fourth-order valence-corrected chi connectivity index (χ4v) is 8.62. The third-order valence-corrected chi connectivity index (χ3v) is 10.5. The van der Waals surface area contributed by atoms with Crippen LogP contribution in [0.15, 0.2) is 11.6 Å². The van der Waals surface area contributed by atoms with Gasteiger partial charge in [-0.2, -0.15) is 0 Å². The van der Waals surface area contributed by atoms with Crippen LogP contribution in [0, 0.1) is 40.4 Å². The van der Waals surface area contributed by atoms with Crippen molar-refractivity contribution in [3.63, 3.8) is 0 Å². The first kappa shape index (κ1) is 22.8. The van der Waals surface area contributed by atoms with E-state index in [0.717, 1.165) is 44.4 Å². The molecule has 0 heterocycles. The van der Waals surface area contributed by atoms with Gasteiger partial charge in [-0.1, -0.05) is 39.3 Å². The van der Waals surface area contributed by atoms with E-state index in [1.54, 1.807) is 0 Å². The van der Waals surface area contributed by atoms with Crippen LogP contribution in [0.25, 0.3) is 0 Å². The summed E-state index contributed by atoms with van der Waals surface area (Å²) in [5, 5.41) is 32.7. The van der Waals surface area contributed by atoms with Gasteiger partial charge >= 0.3 is 0 Å². The predicted octanol–water partition coefficient (Wildman–Crippen LogP) is 5.47. The number of hydrogen-bond donors (Lipinski definition) is 3. The van der Waals surface area contributed by atoms with Crippen molar-refractivity contribution in [3.05, 3.63) is 11.6 Å². The lowest BCUT2D eigenvalue weighted by Crippen LogP contribution is -2.55. The van der Waals surface area contributed by atoms with Gasteiger partial charge in [-0.15, -0.1) is 0 Å². The molecule has 0 aromatic heterocycles. The molecule has 0 aromatic rings. The lowest BCUT2D eigenvalue weighted by Gasteiger charge is -2.59. The molecule has 3 nitrogen and oxygen atoms in total. The molecule has 4 rings (SSSR count). The van der Waals surface area contributed by atoms with Crippen molar-refractivity contribution < 1.29 is 15.3 Å². The predicted molar refractivity (Wildman–Crippen MR) is 122 cm³/mol. The average Bonchev–Trinajstić information content (AvgIpc) is 3.04. The molecule has 4 aliphatic carbocycles. The summed E-state index contributed by atoms with van der Waals surface area (Å²) in [4.78, 5) is 0. The molecule has 0 aromatic carbocycles. The monoisotopic (exact) mass is 418 g/mol. The van der Waals surface area contributed by atoms with Gasteiger partial charge < -0.3 is 15.3 Å². The van der Waals surface area contributed by atoms with Gasteiger partial charge in [0.25, 0.3) is 0 Å². The number of aliphatic hydroxyl groups is 3. The Kier molecular flexibility index (Phi) is 5.99. The van der Waals surface area contributed by atoms with Crippen LogP contribution in [0.1, 0.15) is 98.8 Å². The second-order valence-corrected chi connectivity index (χ2v) is 12.5. The molecule has 0 spiro atoms. The van der Waals surface area contributed by atoms with Gasteiger partial charge in [-0.25, -0.2) is 0 Å². The molecule has 3 N–H and O–H groups in total. The zero-order valence-corrected chi connectivity index (χ0v) is 20.0. The van der Waals surface area contributed by atoms with E-state index in [2.05, 4.69) is 33.8 Å². The van der Waals surface area contributed by atoms with Gasteiger partial charge in [0.2, 0.25) is 0 Å². The Labute approximate surface area is 184 Å². The van der Waals surface area contributed by atoms with Crippen molar-refractivity contribution in [1.29, 1.82) is 0 Å². The van der Waals surface area contributed by atoms with Crippen molar-refractivity contribution >= 4 is 0 Å². The van der Waals surface area contributed by atoms with Crippen LogP contribution >= 0.6 is 0 Å². The molecular formula is C27H46O3. The highest BCUT2D eigenvalue weighted by Crippen LogP contribution is 2.67. The smallest absolute Gasteiger partial charge is 0.0910 e. The van der Waals surface area contributed by atoms with Crippen molar-refractivity contribution in [2.24, 2.45) is 40.4 Å². The summed E-state index contributed by atoms with van der Waals surface area (Å²) in [6.45, 7) is 11.2. The van der Waals surface area contributed by atoms with E-state index < -0.39 is 11.7 Å². The van der Waals surface area contributed by atoms with E-state index in [1.165, 1.54) is 24.8 Å². The van der Waals surface area contributed by atoms with E-state index in [1.807, 2.05) is 6.92 Å². The minimum absolute atomic E-state index is 0.124. The van der Waals surface area contributed by atoms with E-state index >= 15 is 0 Å². The highest BCUT2D eigenvalue weighted by Gasteiger charge is 2.62. The van der Waals surface area contributed by atoms with E-state index in [9.17, 15) is 15.3 Å². The zero-order chi connectivity index (χ0) is 21.9. The van der Waals surface area contributed by atoms with Gasteiger partial charge in [0.05, 0.1) is 17.8 Å². The van der Waals surface area contributed by atoms with Crippen molar-refractivity contribution in [2.75, 3.05) is 0 Å². The largest absolute Gasteiger partial charge is 0.393 e. The maximum absolute atomic E-state index is 11.6. The first-order valence-corrected chi connectivity index (χ1v) is 12.8. The van der Waals surface area contributed by atoms with Gasteiger partial charge in [-0.3, -0.25) is 0 Å². The topological polar surface area (TPSA) is 60.7 Å². The summed E-state index contributed by atoms with van der Waals surface area (Å²) in [5.41, 5.74) is 0.914. The van der Waals surface area contributed by atoms with E-state index in [0.29, 0.717) is 24.2 Å². The van der Waals surface area contributed by atoms with Crippen LogP contribution in [0.3, 0.4) is 0 Å². The van der Waals surface area contributed by atoms with Crippen LogP contribution in [-0.4, -0.2) is 33.1 Å². The SMILES string of the molecule is CC(C)CCC(O)[C@](C)(O)[C@H]1CC[C@H]2[C@@H]3CC=C4CC(O)CCC4(C)[C@H]3CCC21C. The fraction of sp³-hybridized carbons (Fsp3) is 0.926. The highest BCUT2D eigenvalue weighted by atomic mass is 16.3. The molecule has 3 saturated carbocycles.